The number of hydrogen-bond acceptors (Lipinski definition) is 3. The van der Waals surface area contributed by atoms with Crippen molar-refractivity contribution in [2.45, 2.75) is 37.7 Å². The molecule has 0 aliphatic heterocycles. The first kappa shape index (κ1) is 8.96. The number of nitrogens with one attached hydrogen (secondary N) is 1. The lowest BCUT2D eigenvalue weighted by Gasteiger charge is -2.09. The lowest BCUT2D eigenvalue weighted by molar-refractivity contribution is 0.159. The predicted molar refractivity (Wildman–Crippen MR) is 41.4 cm³/mol. The highest BCUT2D eigenvalue weighted by atomic mass is 32.2. The van der Waals surface area contributed by atoms with E-state index in [1.807, 2.05) is 0 Å². The molecule has 1 atom stereocenters. The molecule has 0 aromatic carbocycles. The van der Waals surface area contributed by atoms with Crippen LogP contribution in [0, 0.1) is 0 Å². The summed E-state index contributed by atoms with van der Waals surface area (Å²) in [5, 5.41) is 8.73. The second-order valence-corrected chi connectivity index (χ2v) is 4.78. The highest BCUT2D eigenvalue weighted by molar-refractivity contribution is 7.90. The molecular formula is C6H13NO3S. The molecule has 1 aliphatic rings. The van der Waals surface area contributed by atoms with Gasteiger partial charge in [-0.05, 0) is 19.3 Å². The zero-order valence-corrected chi connectivity index (χ0v) is 7.26. The Morgan fingerprint density at radius 1 is 1.64 bits per heavy atom. The lowest BCUT2D eigenvalue weighted by Crippen LogP contribution is -2.36. The van der Waals surface area contributed by atoms with Crippen LogP contribution in [0.25, 0.3) is 0 Å². The van der Waals surface area contributed by atoms with Crippen molar-refractivity contribution in [3.8, 4) is 0 Å². The van der Waals surface area contributed by atoms with Gasteiger partial charge in [0.2, 0.25) is 10.0 Å². The van der Waals surface area contributed by atoms with Crippen LogP contribution in [-0.4, -0.2) is 25.0 Å². The Morgan fingerprint density at radius 2 is 2.18 bits per heavy atom. The smallest absolute Gasteiger partial charge is 0.216 e. The average molecular weight is 179 g/mol. The van der Waals surface area contributed by atoms with Crippen molar-refractivity contribution in [3.63, 3.8) is 0 Å². The third-order valence-corrected chi connectivity index (χ3v) is 3.60. The molecule has 1 saturated carbocycles. The summed E-state index contributed by atoms with van der Waals surface area (Å²) in [5.74, 6) is 0. The van der Waals surface area contributed by atoms with E-state index in [2.05, 4.69) is 4.72 Å². The van der Waals surface area contributed by atoms with Gasteiger partial charge in [-0.3, -0.25) is 0 Å². The Hall–Kier alpha value is -0.130. The molecule has 0 bridgehead atoms. The SMILES string of the molecule is CCC(O)NS(=O)(=O)C1CC1. The Morgan fingerprint density at radius 3 is 2.55 bits per heavy atom. The molecule has 0 aromatic heterocycles. The van der Waals surface area contributed by atoms with Gasteiger partial charge in [-0.1, -0.05) is 6.92 Å². The molecule has 0 heterocycles. The van der Waals surface area contributed by atoms with Gasteiger partial charge >= 0.3 is 0 Å². The Kier molecular flexibility index (Phi) is 2.51. The minimum Gasteiger partial charge on any atom is -0.378 e. The van der Waals surface area contributed by atoms with E-state index in [4.69, 9.17) is 5.11 Å². The highest BCUT2D eigenvalue weighted by Gasteiger charge is 2.36. The Balaban J connectivity index is 2.46. The summed E-state index contributed by atoms with van der Waals surface area (Å²) in [6.45, 7) is 1.72. The minimum atomic E-state index is -3.20. The van der Waals surface area contributed by atoms with Crippen molar-refractivity contribution in [1.82, 2.24) is 4.72 Å². The average Bonchev–Trinajstić information content (AvgIpc) is 2.66. The molecule has 5 heteroatoms. The van der Waals surface area contributed by atoms with Gasteiger partial charge in [0.1, 0.15) is 6.23 Å². The lowest BCUT2D eigenvalue weighted by atomic mass is 10.5. The monoisotopic (exact) mass is 179 g/mol. The number of aliphatic hydroxyl groups excluding tert-OH is 1. The third kappa shape index (κ3) is 2.43. The predicted octanol–water partition coefficient (Wildman–Crippen LogP) is -0.203. The number of aliphatic hydroxyl groups is 1. The van der Waals surface area contributed by atoms with Gasteiger partial charge in [0.25, 0.3) is 0 Å². The fourth-order valence-electron chi connectivity index (χ4n) is 0.748. The summed E-state index contributed by atoms with van der Waals surface area (Å²) in [4.78, 5) is 0. The molecule has 1 unspecified atom stereocenters. The molecule has 0 spiro atoms. The van der Waals surface area contributed by atoms with Gasteiger partial charge in [-0.25, -0.2) is 8.42 Å². The van der Waals surface area contributed by atoms with Crippen LogP contribution in [0.1, 0.15) is 26.2 Å². The maximum Gasteiger partial charge on any atom is 0.216 e. The van der Waals surface area contributed by atoms with E-state index in [1.165, 1.54) is 0 Å². The van der Waals surface area contributed by atoms with Gasteiger partial charge in [0.15, 0.2) is 0 Å². The van der Waals surface area contributed by atoms with Gasteiger partial charge in [-0.2, -0.15) is 4.72 Å². The fraction of sp³-hybridized carbons (Fsp3) is 1.00. The molecule has 4 nitrogen and oxygen atoms in total. The summed E-state index contributed by atoms with van der Waals surface area (Å²) >= 11 is 0. The van der Waals surface area contributed by atoms with Crippen LogP contribution in [0.5, 0.6) is 0 Å². The van der Waals surface area contributed by atoms with Gasteiger partial charge in [0, 0.05) is 0 Å². The van der Waals surface area contributed by atoms with E-state index < -0.39 is 16.3 Å². The zero-order chi connectivity index (χ0) is 8.48. The van der Waals surface area contributed by atoms with Crippen LogP contribution in [-0.2, 0) is 10.0 Å². The largest absolute Gasteiger partial charge is 0.378 e. The first-order valence-corrected chi connectivity index (χ1v) is 5.30. The van der Waals surface area contributed by atoms with Gasteiger partial charge < -0.3 is 5.11 Å². The van der Waals surface area contributed by atoms with Crippen LogP contribution in [0.4, 0.5) is 0 Å². The summed E-state index contributed by atoms with van der Waals surface area (Å²) in [6, 6.07) is 0. The number of hydrogen-bond donors (Lipinski definition) is 2. The van der Waals surface area contributed by atoms with Crippen LogP contribution < -0.4 is 4.72 Å². The zero-order valence-electron chi connectivity index (χ0n) is 6.45. The molecule has 0 saturated heterocycles. The first-order chi connectivity index (χ1) is 5.06. The minimum absolute atomic E-state index is 0.247. The second kappa shape index (κ2) is 3.08. The summed E-state index contributed by atoms with van der Waals surface area (Å²) in [7, 11) is -3.20. The molecule has 1 aliphatic carbocycles. The topological polar surface area (TPSA) is 66.4 Å². The number of rotatable bonds is 4. The van der Waals surface area contributed by atoms with Crippen molar-refractivity contribution >= 4 is 10.0 Å². The Labute approximate surface area is 66.7 Å². The van der Waals surface area contributed by atoms with E-state index in [9.17, 15) is 8.42 Å². The molecule has 0 amide bonds. The van der Waals surface area contributed by atoms with Crippen molar-refractivity contribution < 1.29 is 13.5 Å². The van der Waals surface area contributed by atoms with Crippen LogP contribution >= 0.6 is 0 Å². The van der Waals surface area contributed by atoms with Crippen LogP contribution in [0.2, 0.25) is 0 Å². The van der Waals surface area contributed by atoms with Crippen LogP contribution in [0.15, 0.2) is 0 Å². The Bertz CT molecular complexity index is 220. The molecule has 0 aromatic rings. The molecular weight excluding hydrogens is 166 g/mol. The molecule has 0 radical (unpaired) electrons. The number of sulfonamides is 1. The highest BCUT2D eigenvalue weighted by Crippen LogP contribution is 2.27. The normalized spacial score (nSPS) is 21.6. The van der Waals surface area contributed by atoms with E-state index >= 15 is 0 Å². The molecule has 11 heavy (non-hydrogen) atoms. The van der Waals surface area contributed by atoms with Crippen LogP contribution in [0.3, 0.4) is 0 Å². The maximum absolute atomic E-state index is 11.1. The van der Waals surface area contributed by atoms with Crippen molar-refractivity contribution in [3.05, 3.63) is 0 Å². The van der Waals surface area contributed by atoms with E-state index in [-0.39, 0.29) is 5.25 Å². The summed E-state index contributed by atoms with van der Waals surface area (Å²) < 4.78 is 24.4. The fourth-order valence-corrected chi connectivity index (χ4v) is 2.24. The second-order valence-electron chi connectivity index (χ2n) is 2.79. The summed E-state index contributed by atoms with van der Waals surface area (Å²) in [6.07, 6.45) is 0.948. The molecule has 2 N–H and O–H groups in total. The molecule has 1 rings (SSSR count). The maximum atomic E-state index is 11.1. The van der Waals surface area contributed by atoms with Crippen molar-refractivity contribution in [2.75, 3.05) is 0 Å². The quantitative estimate of drug-likeness (QED) is 0.587. The van der Waals surface area contributed by atoms with E-state index in [1.54, 1.807) is 6.92 Å². The van der Waals surface area contributed by atoms with Crippen molar-refractivity contribution in [1.29, 1.82) is 0 Å². The first-order valence-electron chi connectivity index (χ1n) is 3.75. The summed E-state index contributed by atoms with van der Waals surface area (Å²) in [5.41, 5.74) is 0. The van der Waals surface area contributed by atoms with Crippen molar-refractivity contribution in [2.24, 2.45) is 0 Å². The van der Waals surface area contributed by atoms with Gasteiger partial charge in [-0.15, -0.1) is 0 Å². The standard InChI is InChI=1S/C6H13NO3S/c1-2-6(8)7-11(9,10)5-3-4-5/h5-8H,2-4H2,1H3. The van der Waals surface area contributed by atoms with E-state index in [0.29, 0.717) is 6.42 Å². The molecule has 66 valence electrons. The van der Waals surface area contributed by atoms with Gasteiger partial charge in [0.05, 0.1) is 5.25 Å². The molecule has 1 fully saturated rings. The third-order valence-electron chi connectivity index (χ3n) is 1.65. The van der Waals surface area contributed by atoms with E-state index in [0.717, 1.165) is 12.8 Å².